The Hall–Kier alpha value is -6.13. The number of ether oxygens (including phenoxy) is 1. The molecule has 3 aliphatic heterocycles. The van der Waals surface area contributed by atoms with Gasteiger partial charge in [-0.25, -0.2) is 4.98 Å². The van der Waals surface area contributed by atoms with E-state index in [1.165, 1.54) is 19.1 Å². The minimum absolute atomic E-state index is 0.0302. The number of rotatable bonds is 13. The van der Waals surface area contributed by atoms with Crippen molar-refractivity contribution in [2.75, 3.05) is 33.8 Å². The molecule has 3 aliphatic rings. The molecule has 4 heterocycles. The van der Waals surface area contributed by atoms with E-state index in [4.69, 9.17) is 9.73 Å². The number of H-pyrrole nitrogens is 1. The Balaban J connectivity index is 0.891. The molecule has 4 atom stereocenters. The van der Waals surface area contributed by atoms with E-state index >= 15 is 0 Å². The maximum absolute atomic E-state index is 14.4. The number of carbonyl (C=O) groups excluding carboxylic acids is 3. The average molecular weight is 803 g/mol. The number of aromatic amines is 1. The molecule has 308 valence electrons. The Kier molecular flexibility index (Phi) is 12.5. The maximum atomic E-state index is 14.4. The van der Waals surface area contributed by atoms with Crippen molar-refractivity contribution in [1.29, 1.82) is 0 Å². The fraction of sp³-hybridized carbons (Fsp3) is 0.340. The number of nitrogens with zero attached hydrogens (tertiary/aromatic N) is 5. The second-order valence-electron chi connectivity index (χ2n) is 16.3. The number of likely N-dealkylation sites (tertiary alicyclic amines) is 2. The smallest absolute Gasteiger partial charge is 0.306 e. The van der Waals surface area contributed by atoms with Gasteiger partial charge in [0.1, 0.15) is 11.9 Å². The van der Waals surface area contributed by atoms with Crippen LogP contribution in [0.2, 0.25) is 0 Å². The lowest BCUT2D eigenvalue weighted by atomic mass is 9.94. The van der Waals surface area contributed by atoms with Crippen molar-refractivity contribution in [2.24, 2.45) is 4.99 Å². The van der Waals surface area contributed by atoms with Crippen LogP contribution in [0.1, 0.15) is 92.4 Å². The van der Waals surface area contributed by atoms with Gasteiger partial charge in [-0.2, -0.15) is 0 Å². The van der Waals surface area contributed by atoms with E-state index in [2.05, 4.69) is 80.4 Å². The van der Waals surface area contributed by atoms with Gasteiger partial charge in [0.25, 0.3) is 0 Å². The number of piperidine rings is 1. The van der Waals surface area contributed by atoms with E-state index < -0.39 is 11.9 Å². The van der Waals surface area contributed by atoms with Crippen molar-refractivity contribution < 1.29 is 19.1 Å². The normalized spacial score (nSPS) is 18.3. The van der Waals surface area contributed by atoms with Crippen molar-refractivity contribution in [3.8, 4) is 22.4 Å². The van der Waals surface area contributed by atoms with E-state index in [-0.39, 0.29) is 36.4 Å². The number of amides is 2. The zero-order valence-electron chi connectivity index (χ0n) is 34.8. The summed E-state index contributed by atoms with van der Waals surface area (Å²) in [7, 11) is 3.07. The molecule has 0 spiro atoms. The molecule has 8 rings (SSSR count). The van der Waals surface area contributed by atoms with Gasteiger partial charge in [-0.15, -0.1) is 0 Å². The number of carbonyl (C=O) groups is 3. The molecule has 2 amide bonds. The molecule has 0 saturated carbocycles. The monoisotopic (exact) mass is 802 g/mol. The molecule has 60 heavy (non-hydrogen) atoms. The standard InChI is InChI=1S/C50H54N6O4/c1-34(54(2)49(58)42(31-46(57)60-3)38-14-7-4-8-15-38)48-52-33-44(53-48)39-25-23-36(24-26-39)35-19-21-37(22-20-35)41-30-43(51-32-41)45-18-13-29-56(45)50(59)47(40-16-9-5-10-17-40)55-27-11-6-12-28-55/h4-5,7-10,14-17,19-26,32-34,42,45,47H,6,11-13,18,27-31H2,1-3H3,(H,52,53)/t34-,42+,45-,47+/m0/s1. The van der Waals surface area contributed by atoms with E-state index in [1.807, 2.05) is 61.7 Å². The van der Waals surface area contributed by atoms with Crippen molar-refractivity contribution in [1.82, 2.24) is 24.7 Å². The lowest BCUT2D eigenvalue weighted by molar-refractivity contribution is -0.145. The Morgan fingerprint density at radius 3 is 2.05 bits per heavy atom. The summed E-state index contributed by atoms with van der Waals surface area (Å²) in [6, 6.07) is 36.1. The Labute approximate surface area is 353 Å². The molecule has 4 aromatic carbocycles. The van der Waals surface area contributed by atoms with E-state index in [0.717, 1.165) is 96.5 Å². The summed E-state index contributed by atoms with van der Waals surface area (Å²) in [6.07, 6.45) is 9.94. The number of hydrogen-bond donors (Lipinski definition) is 1. The van der Waals surface area contributed by atoms with Crippen molar-refractivity contribution in [3.05, 3.63) is 144 Å². The van der Waals surface area contributed by atoms with Gasteiger partial charge in [0.2, 0.25) is 11.8 Å². The quantitative estimate of drug-likeness (QED) is 0.119. The molecule has 10 nitrogen and oxygen atoms in total. The summed E-state index contributed by atoms with van der Waals surface area (Å²) in [5.74, 6) is -0.415. The van der Waals surface area contributed by atoms with E-state index in [1.54, 1.807) is 18.1 Å². The van der Waals surface area contributed by atoms with Crippen LogP contribution >= 0.6 is 0 Å². The zero-order valence-corrected chi connectivity index (χ0v) is 34.8. The fourth-order valence-electron chi connectivity index (χ4n) is 9.00. The third kappa shape index (κ3) is 8.75. The lowest BCUT2D eigenvalue weighted by Gasteiger charge is -2.37. The first-order valence-corrected chi connectivity index (χ1v) is 21.3. The number of esters is 1. The summed E-state index contributed by atoms with van der Waals surface area (Å²) >= 11 is 0. The van der Waals surface area contributed by atoms with Crippen molar-refractivity contribution >= 4 is 29.1 Å². The second-order valence-corrected chi connectivity index (χ2v) is 16.3. The van der Waals surface area contributed by atoms with E-state index in [0.29, 0.717) is 5.82 Å². The predicted molar refractivity (Wildman–Crippen MR) is 236 cm³/mol. The van der Waals surface area contributed by atoms with Crippen LogP contribution in [0.3, 0.4) is 0 Å². The number of aromatic nitrogens is 2. The molecule has 0 unspecified atom stereocenters. The first-order chi connectivity index (χ1) is 29.3. The van der Waals surface area contributed by atoms with Crippen LogP contribution in [0.15, 0.2) is 127 Å². The summed E-state index contributed by atoms with van der Waals surface area (Å²) in [4.78, 5) is 59.5. The highest BCUT2D eigenvalue weighted by Gasteiger charge is 2.40. The summed E-state index contributed by atoms with van der Waals surface area (Å²) in [5, 5.41) is 0. The van der Waals surface area contributed by atoms with Gasteiger partial charge in [0.15, 0.2) is 0 Å². The Bertz CT molecular complexity index is 2330. The molecule has 2 saturated heterocycles. The van der Waals surface area contributed by atoms with Crippen LogP contribution in [-0.4, -0.2) is 88.0 Å². The number of allylic oxidation sites excluding steroid dienone is 1. The topological polar surface area (TPSA) is 111 Å². The SMILES string of the molecule is COC(=O)C[C@@H](C(=O)N(C)[C@@H](C)c1ncc(-c2ccc(-c3ccc(C4=CN=C([C@@H]5CCCN5C(=O)[C@@H](c5ccccc5)N5CCCCC5)C4)cc3)cc2)[nH]1)c1ccccc1. The molecule has 0 radical (unpaired) electrons. The van der Waals surface area contributed by atoms with E-state index in [9.17, 15) is 14.4 Å². The number of nitrogens with one attached hydrogen (secondary N) is 1. The van der Waals surface area contributed by atoms with Crippen LogP contribution in [0.5, 0.6) is 0 Å². The van der Waals surface area contributed by atoms with Gasteiger partial charge >= 0.3 is 5.97 Å². The minimum atomic E-state index is -0.662. The van der Waals surface area contributed by atoms with Gasteiger partial charge in [-0.3, -0.25) is 24.3 Å². The van der Waals surface area contributed by atoms with Crippen molar-refractivity contribution in [2.45, 2.75) is 75.9 Å². The lowest BCUT2D eigenvalue weighted by Crippen LogP contribution is -2.48. The highest BCUT2D eigenvalue weighted by molar-refractivity contribution is 6.03. The van der Waals surface area contributed by atoms with Crippen molar-refractivity contribution in [3.63, 3.8) is 0 Å². The number of likely N-dealkylation sites (N-methyl/N-ethyl adjacent to an activating group) is 1. The number of methoxy groups -OCH3 is 1. The molecular weight excluding hydrogens is 749 g/mol. The van der Waals surface area contributed by atoms with Crippen LogP contribution in [-0.2, 0) is 19.1 Å². The number of aliphatic imine (C=N–C) groups is 1. The molecule has 0 bridgehead atoms. The number of hydrogen-bond acceptors (Lipinski definition) is 7. The Morgan fingerprint density at radius 2 is 1.40 bits per heavy atom. The molecular formula is C50H54N6O4. The zero-order chi connectivity index (χ0) is 41.6. The predicted octanol–water partition coefficient (Wildman–Crippen LogP) is 9.01. The van der Waals surface area contributed by atoms with Crippen LogP contribution < -0.4 is 0 Å². The van der Waals surface area contributed by atoms with Gasteiger partial charge < -0.3 is 19.5 Å². The minimum Gasteiger partial charge on any atom is -0.469 e. The Morgan fingerprint density at radius 1 is 0.783 bits per heavy atom. The summed E-state index contributed by atoms with van der Waals surface area (Å²) in [6.45, 7) is 4.62. The van der Waals surface area contributed by atoms with Gasteiger partial charge in [-0.1, -0.05) is 116 Å². The van der Waals surface area contributed by atoms with Crippen LogP contribution in [0.4, 0.5) is 0 Å². The highest BCUT2D eigenvalue weighted by Crippen LogP contribution is 2.35. The molecule has 10 heteroatoms. The summed E-state index contributed by atoms with van der Waals surface area (Å²) < 4.78 is 4.90. The molecule has 5 aromatic rings. The molecule has 1 N–H and O–H groups in total. The van der Waals surface area contributed by atoms with Crippen LogP contribution in [0, 0.1) is 0 Å². The van der Waals surface area contributed by atoms with Gasteiger partial charge in [0.05, 0.1) is 43.4 Å². The maximum Gasteiger partial charge on any atom is 0.306 e. The fourth-order valence-corrected chi connectivity index (χ4v) is 9.00. The molecule has 0 aliphatic carbocycles. The third-order valence-electron chi connectivity index (χ3n) is 12.6. The number of imidazole rings is 1. The first-order valence-electron chi connectivity index (χ1n) is 21.3. The molecule has 1 aromatic heterocycles. The second kappa shape index (κ2) is 18.4. The van der Waals surface area contributed by atoms with Gasteiger partial charge in [-0.05, 0) is 84.7 Å². The highest BCUT2D eigenvalue weighted by atomic mass is 16.5. The van der Waals surface area contributed by atoms with Gasteiger partial charge in [0, 0.05) is 31.9 Å². The molecule has 2 fully saturated rings. The van der Waals surface area contributed by atoms with Crippen LogP contribution in [0.25, 0.3) is 28.0 Å². The largest absolute Gasteiger partial charge is 0.469 e. The third-order valence-corrected chi connectivity index (χ3v) is 12.6. The first kappa shape index (κ1) is 40.6. The summed E-state index contributed by atoms with van der Waals surface area (Å²) in [5.41, 5.74) is 9.30. The average Bonchev–Trinajstić information content (AvgIpc) is 4.11. The number of benzene rings is 4.